The molecule has 3 N–H and O–H groups in total. The molecule has 0 saturated heterocycles. The van der Waals surface area contributed by atoms with E-state index in [9.17, 15) is 8.42 Å². The first kappa shape index (κ1) is 14.5. The second-order valence-electron chi connectivity index (χ2n) is 6.03. The summed E-state index contributed by atoms with van der Waals surface area (Å²) in [6.45, 7) is 0. The smallest absolute Gasteiger partial charge is 0.245 e. The van der Waals surface area contributed by atoms with Crippen LogP contribution in [0.5, 0.6) is 0 Å². The number of hydrogen-bond acceptors (Lipinski definition) is 4. The standard InChI is InChI=1S/C12H19BrN4O2S/c1-17-7-9(11(13)15-17)20(18,19)16-8-2-4-12(5-3-8)6-10(12)14/h7-8,10,16H,2-6,14H2,1H3. The minimum Gasteiger partial charge on any atom is -0.327 e. The monoisotopic (exact) mass is 362 g/mol. The van der Waals surface area contributed by atoms with E-state index in [2.05, 4.69) is 25.8 Å². The van der Waals surface area contributed by atoms with Crippen molar-refractivity contribution in [3.8, 4) is 0 Å². The topological polar surface area (TPSA) is 90.0 Å². The molecule has 2 aliphatic rings. The van der Waals surface area contributed by atoms with Crippen molar-refractivity contribution in [1.29, 1.82) is 0 Å². The first-order valence-corrected chi connectivity index (χ1v) is 9.07. The van der Waals surface area contributed by atoms with Gasteiger partial charge in [-0.15, -0.1) is 0 Å². The number of sulfonamides is 1. The third-order valence-electron chi connectivity index (χ3n) is 4.60. The maximum absolute atomic E-state index is 12.4. The quantitative estimate of drug-likeness (QED) is 0.842. The second-order valence-corrected chi connectivity index (χ2v) is 8.46. The molecule has 1 aromatic heterocycles. The fourth-order valence-electron chi connectivity index (χ4n) is 3.17. The third kappa shape index (κ3) is 2.54. The van der Waals surface area contributed by atoms with Crippen molar-refractivity contribution in [3.05, 3.63) is 10.8 Å². The molecule has 1 atom stereocenters. The Hall–Kier alpha value is -0.440. The van der Waals surface area contributed by atoms with Crippen molar-refractivity contribution in [2.24, 2.45) is 18.2 Å². The zero-order valence-corrected chi connectivity index (χ0v) is 13.7. The first-order valence-electron chi connectivity index (χ1n) is 6.79. The minimum atomic E-state index is -3.51. The highest BCUT2D eigenvalue weighted by molar-refractivity contribution is 9.10. The number of halogens is 1. The van der Waals surface area contributed by atoms with Crippen LogP contribution in [0.4, 0.5) is 0 Å². The molecule has 20 heavy (non-hydrogen) atoms. The van der Waals surface area contributed by atoms with Gasteiger partial charge in [-0.2, -0.15) is 5.10 Å². The molecule has 0 aromatic carbocycles. The predicted octanol–water partition coefficient (Wildman–Crippen LogP) is 1.12. The number of nitrogens with zero attached hydrogens (tertiary/aromatic N) is 2. The summed E-state index contributed by atoms with van der Waals surface area (Å²) in [6, 6.07) is 0.332. The van der Waals surface area contributed by atoms with Gasteiger partial charge in [0.25, 0.3) is 0 Å². The van der Waals surface area contributed by atoms with E-state index in [0.717, 1.165) is 32.1 Å². The van der Waals surface area contributed by atoms with E-state index < -0.39 is 10.0 Å². The van der Waals surface area contributed by atoms with Gasteiger partial charge in [0.15, 0.2) is 0 Å². The van der Waals surface area contributed by atoms with Gasteiger partial charge in [0.2, 0.25) is 10.0 Å². The summed E-state index contributed by atoms with van der Waals surface area (Å²) < 4.78 is 29.3. The van der Waals surface area contributed by atoms with Gasteiger partial charge in [-0.25, -0.2) is 13.1 Å². The molecule has 3 rings (SSSR count). The van der Waals surface area contributed by atoms with Crippen LogP contribution in [0.2, 0.25) is 0 Å². The second kappa shape index (κ2) is 4.79. The van der Waals surface area contributed by atoms with Crippen LogP contribution < -0.4 is 10.5 Å². The number of nitrogens with two attached hydrogens (primary N) is 1. The molecule has 1 spiro atoms. The van der Waals surface area contributed by atoms with Gasteiger partial charge in [-0.1, -0.05) is 0 Å². The van der Waals surface area contributed by atoms with E-state index >= 15 is 0 Å². The van der Waals surface area contributed by atoms with Crippen LogP contribution in [-0.2, 0) is 17.1 Å². The summed E-state index contributed by atoms with van der Waals surface area (Å²) in [5.41, 5.74) is 6.28. The Bertz CT molecular complexity index is 619. The van der Waals surface area contributed by atoms with Crippen molar-refractivity contribution in [2.45, 2.75) is 49.1 Å². The number of nitrogens with one attached hydrogen (secondary N) is 1. The number of hydrogen-bond donors (Lipinski definition) is 2. The van der Waals surface area contributed by atoms with Crippen LogP contribution in [0, 0.1) is 5.41 Å². The highest BCUT2D eigenvalue weighted by Gasteiger charge is 2.53. The van der Waals surface area contributed by atoms with E-state index in [4.69, 9.17) is 5.73 Å². The number of rotatable bonds is 3. The van der Waals surface area contributed by atoms with E-state index in [1.807, 2.05) is 0 Å². The van der Waals surface area contributed by atoms with Gasteiger partial charge in [0.05, 0.1) is 0 Å². The van der Waals surface area contributed by atoms with E-state index in [0.29, 0.717) is 16.1 Å². The fourth-order valence-corrected chi connectivity index (χ4v) is 5.51. The summed E-state index contributed by atoms with van der Waals surface area (Å²) in [5, 5.41) is 4.01. The SMILES string of the molecule is Cn1cc(S(=O)(=O)NC2CCC3(CC2)CC3N)c(Br)n1. The highest BCUT2D eigenvalue weighted by atomic mass is 79.9. The molecular weight excluding hydrogens is 344 g/mol. The van der Waals surface area contributed by atoms with E-state index in [1.165, 1.54) is 10.9 Å². The lowest BCUT2D eigenvalue weighted by molar-refractivity contribution is 0.286. The minimum absolute atomic E-state index is 0.00512. The third-order valence-corrected chi connectivity index (χ3v) is 6.97. The molecule has 0 amide bonds. The number of aromatic nitrogens is 2. The lowest BCUT2D eigenvalue weighted by Gasteiger charge is -2.29. The molecule has 0 bridgehead atoms. The largest absolute Gasteiger partial charge is 0.327 e. The van der Waals surface area contributed by atoms with Crippen LogP contribution in [0.25, 0.3) is 0 Å². The summed E-state index contributed by atoms with van der Waals surface area (Å²) in [5.74, 6) is 0. The lowest BCUT2D eigenvalue weighted by atomic mass is 9.83. The van der Waals surface area contributed by atoms with Crippen LogP contribution >= 0.6 is 15.9 Å². The Morgan fingerprint density at radius 3 is 2.55 bits per heavy atom. The summed E-state index contributed by atoms with van der Waals surface area (Å²) >= 11 is 3.19. The molecule has 2 fully saturated rings. The Morgan fingerprint density at radius 1 is 1.50 bits per heavy atom. The Kier molecular flexibility index (Phi) is 3.47. The average molecular weight is 363 g/mol. The van der Waals surface area contributed by atoms with Crippen LogP contribution in [0.1, 0.15) is 32.1 Å². The van der Waals surface area contributed by atoms with Gasteiger partial charge in [0.1, 0.15) is 9.50 Å². The van der Waals surface area contributed by atoms with Gasteiger partial charge in [-0.05, 0) is 53.4 Å². The molecule has 8 heteroatoms. The zero-order chi connectivity index (χ0) is 14.5. The Balaban J connectivity index is 1.67. The fraction of sp³-hybridized carbons (Fsp3) is 0.750. The first-order chi connectivity index (χ1) is 9.32. The van der Waals surface area contributed by atoms with E-state index in [-0.39, 0.29) is 10.9 Å². The van der Waals surface area contributed by atoms with Crippen LogP contribution in [-0.4, -0.2) is 30.3 Å². The van der Waals surface area contributed by atoms with Gasteiger partial charge in [-0.3, -0.25) is 4.68 Å². The normalized spacial score (nSPS) is 33.5. The van der Waals surface area contributed by atoms with Crippen molar-refractivity contribution >= 4 is 26.0 Å². The lowest BCUT2D eigenvalue weighted by Crippen LogP contribution is -2.38. The summed E-state index contributed by atoms with van der Waals surface area (Å²) in [6.07, 6.45) is 6.38. The van der Waals surface area contributed by atoms with Crippen molar-refractivity contribution in [1.82, 2.24) is 14.5 Å². The van der Waals surface area contributed by atoms with Crippen molar-refractivity contribution in [3.63, 3.8) is 0 Å². The Morgan fingerprint density at radius 2 is 2.10 bits per heavy atom. The molecule has 6 nitrogen and oxygen atoms in total. The van der Waals surface area contributed by atoms with Gasteiger partial charge < -0.3 is 5.73 Å². The molecule has 1 aromatic rings. The highest BCUT2D eigenvalue weighted by Crippen LogP contribution is 2.55. The van der Waals surface area contributed by atoms with Crippen molar-refractivity contribution in [2.75, 3.05) is 0 Å². The van der Waals surface area contributed by atoms with Crippen LogP contribution in [0.15, 0.2) is 15.7 Å². The van der Waals surface area contributed by atoms with Gasteiger partial charge in [0, 0.05) is 25.3 Å². The maximum Gasteiger partial charge on any atom is 0.245 e. The average Bonchev–Trinajstić information content (AvgIpc) is 2.83. The molecule has 2 saturated carbocycles. The predicted molar refractivity (Wildman–Crippen MR) is 78.5 cm³/mol. The molecule has 0 aliphatic heterocycles. The molecule has 1 heterocycles. The molecule has 112 valence electrons. The van der Waals surface area contributed by atoms with Gasteiger partial charge >= 0.3 is 0 Å². The Labute approximate surface area is 127 Å². The number of aryl methyl sites for hydroxylation is 1. The molecule has 0 radical (unpaired) electrons. The molecular formula is C12H19BrN4O2S. The summed E-state index contributed by atoms with van der Waals surface area (Å²) in [4.78, 5) is 0.198. The molecule has 2 aliphatic carbocycles. The molecule has 1 unspecified atom stereocenters. The maximum atomic E-state index is 12.4. The summed E-state index contributed by atoms with van der Waals surface area (Å²) in [7, 11) is -1.81. The van der Waals surface area contributed by atoms with E-state index in [1.54, 1.807) is 7.05 Å². The van der Waals surface area contributed by atoms with Crippen LogP contribution in [0.3, 0.4) is 0 Å². The zero-order valence-electron chi connectivity index (χ0n) is 11.3. The van der Waals surface area contributed by atoms with Crippen molar-refractivity contribution < 1.29 is 8.42 Å².